The molecular weight excluding hydrogens is 386 g/mol. The van der Waals surface area contributed by atoms with E-state index < -0.39 is 0 Å². The molecule has 1 aliphatic rings. The molecule has 29 heavy (non-hydrogen) atoms. The summed E-state index contributed by atoms with van der Waals surface area (Å²) in [6.45, 7) is 10.8. The summed E-state index contributed by atoms with van der Waals surface area (Å²) in [5.41, 5.74) is 2.63. The van der Waals surface area contributed by atoms with Crippen LogP contribution >= 0.6 is 11.6 Å². The van der Waals surface area contributed by atoms with Crippen LogP contribution in [0.3, 0.4) is 0 Å². The molecule has 0 saturated carbocycles. The molecule has 0 amide bonds. The van der Waals surface area contributed by atoms with Crippen LogP contribution in [0.4, 0.5) is 17.3 Å². The molecule has 2 heterocycles. The van der Waals surface area contributed by atoms with Gasteiger partial charge < -0.3 is 15.3 Å². The van der Waals surface area contributed by atoms with E-state index in [0.717, 1.165) is 52.1 Å². The molecule has 4 rings (SSSR count). The first kappa shape index (κ1) is 19.4. The first-order valence-corrected chi connectivity index (χ1v) is 10.0. The van der Waals surface area contributed by atoms with Gasteiger partial charge in [0.15, 0.2) is 17.3 Å². The molecule has 2 N–H and O–H groups in total. The molecule has 1 fully saturated rings. The maximum atomic E-state index is 9.71. The van der Waals surface area contributed by atoms with E-state index in [2.05, 4.69) is 25.3 Å². The Morgan fingerprint density at radius 1 is 1.24 bits per heavy atom. The Morgan fingerprint density at radius 3 is 2.86 bits per heavy atom. The van der Waals surface area contributed by atoms with Crippen molar-refractivity contribution >= 4 is 39.7 Å². The fraction of sp³-hybridized carbons (Fsp3) is 0.318. The molecule has 0 aliphatic carbocycles. The van der Waals surface area contributed by atoms with E-state index >= 15 is 0 Å². The molecule has 3 aromatic rings. The molecule has 0 bridgehead atoms. The van der Waals surface area contributed by atoms with Gasteiger partial charge in [0.25, 0.3) is 0 Å². The number of hydrogen-bond donors (Lipinski definition) is 2. The third-order valence-corrected chi connectivity index (χ3v) is 5.84. The molecule has 0 unspecified atom stereocenters. The Balaban J connectivity index is 1.71. The minimum absolute atomic E-state index is 0.0570. The van der Waals surface area contributed by atoms with Gasteiger partial charge in [-0.2, -0.15) is 0 Å². The predicted molar refractivity (Wildman–Crippen MR) is 117 cm³/mol. The summed E-state index contributed by atoms with van der Waals surface area (Å²) >= 11 is 6.24. The van der Waals surface area contributed by atoms with Gasteiger partial charge in [0.05, 0.1) is 19.2 Å². The van der Waals surface area contributed by atoms with Crippen molar-refractivity contribution in [2.75, 3.05) is 23.4 Å². The summed E-state index contributed by atoms with van der Waals surface area (Å²) < 4.78 is 0. The SMILES string of the molecule is [C-]#[N+]c1ccc2c(N3CCC[C@H]3CO)nnc(NCc3ccc(C)c(Cl)c3)c2c1. The summed E-state index contributed by atoms with van der Waals surface area (Å²) in [5, 5.41) is 24.5. The fourth-order valence-electron chi connectivity index (χ4n) is 3.78. The fourth-order valence-corrected chi connectivity index (χ4v) is 3.98. The van der Waals surface area contributed by atoms with Crippen LogP contribution in [0.2, 0.25) is 5.02 Å². The second-order valence-electron chi connectivity index (χ2n) is 7.32. The standard InChI is InChI=1S/C22H22ClN5O/c1-14-5-6-15(10-20(14)23)12-25-21-19-11-16(24-2)7-8-18(19)22(27-26-21)28-9-3-4-17(28)13-29/h5-8,10-11,17,29H,3-4,9,12-13H2,1H3,(H,25,26)/t17-/m0/s1. The molecule has 7 heteroatoms. The first-order valence-electron chi connectivity index (χ1n) is 9.65. The Morgan fingerprint density at radius 2 is 2.10 bits per heavy atom. The maximum Gasteiger partial charge on any atom is 0.188 e. The van der Waals surface area contributed by atoms with E-state index in [-0.39, 0.29) is 12.6 Å². The van der Waals surface area contributed by atoms with Crippen molar-refractivity contribution in [3.8, 4) is 0 Å². The molecule has 0 radical (unpaired) electrons. The average molecular weight is 408 g/mol. The maximum absolute atomic E-state index is 9.71. The van der Waals surface area contributed by atoms with Gasteiger partial charge in [-0.1, -0.05) is 35.9 Å². The lowest BCUT2D eigenvalue weighted by Gasteiger charge is -2.25. The highest BCUT2D eigenvalue weighted by Gasteiger charge is 2.27. The number of fused-ring (bicyclic) bond motifs is 1. The largest absolute Gasteiger partial charge is 0.394 e. The Kier molecular flexibility index (Phi) is 5.52. The van der Waals surface area contributed by atoms with Crippen molar-refractivity contribution in [3.63, 3.8) is 0 Å². The predicted octanol–water partition coefficient (Wildman–Crippen LogP) is 4.72. The molecule has 0 spiro atoms. The van der Waals surface area contributed by atoms with Crippen LogP contribution in [0.5, 0.6) is 0 Å². The van der Waals surface area contributed by atoms with Crippen LogP contribution in [0.15, 0.2) is 36.4 Å². The van der Waals surface area contributed by atoms with Crippen molar-refractivity contribution in [2.45, 2.75) is 32.4 Å². The van der Waals surface area contributed by atoms with Crippen molar-refractivity contribution in [2.24, 2.45) is 0 Å². The normalized spacial score (nSPS) is 16.2. The summed E-state index contributed by atoms with van der Waals surface area (Å²) in [4.78, 5) is 5.68. The first-order chi connectivity index (χ1) is 14.1. The smallest absolute Gasteiger partial charge is 0.188 e. The Labute approximate surface area is 175 Å². The van der Waals surface area contributed by atoms with Gasteiger partial charge >= 0.3 is 0 Å². The highest BCUT2D eigenvalue weighted by molar-refractivity contribution is 6.31. The lowest BCUT2D eigenvalue weighted by molar-refractivity contribution is 0.266. The van der Waals surface area contributed by atoms with Crippen LogP contribution in [-0.2, 0) is 6.54 Å². The summed E-state index contributed by atoms with van der Waals surface area (Å²) in [5.74, 6) is 1.39. The van der Waals surface area contributed by atoms with Crippen molar-refractivity contribution < 1.29 is 5.11 Å². The van der Waals surface area contributed by atoms with E-state index in [1.54, 1.807) is 6.07 Å². The molecule has 1 aliphatic heterocycles. The number of aromatic nitrogens is 2. The quantitative estimate of drug-likeness (QED) is 0.599. The number of halogens is 1. The van der Waals surface area contributed by atoms with Crippen LogP contribution in [-0.4, -0.2) is 34.5 Å². The number of nitrogens with zero attached hydrogens (tertiary/aromatic N) is 4. The second-order valence-corrected chi connectivity index (χ2v) is 7.73. The summed E-state index contributed by atoms with van der Waals surface area (Å²) in [6.07, 6.45) is 1.96. The third kappa shape index (κ3) is 3.84. The zero-order valence-corrected chi connectivity index (χ0v) is 16.9. The molecular formula is C22H22ClN5O. The van der Waals surface area contributed by atoms with E-state index in [1.165, 1.54) is 0 Å². The van der Waals surface area contributed by atoms with E-state index in [4.69, 9.17) is 18.2 Å². The summed E-state index contributed by atoms with van der Waals surface area (Å²) in [6, 6.07) is 11.6. The molecule has 1 aromatic heterocycles. The number of anilines is 2. The van der Waals surface area contributed by atoms with E-state index in [9.17, 15) is 5.11 Å². The van der Waals surface area contributed by atoms with Gasteiger partial charge in [-0.15, -0.1) is 10.2 Å². The minimum Gasteiger partial charge on any atom is -0.394 e. The van der Waals surface area contributed by atoms with Gasteiger partial charge in [-0.25, -0.2) is 4.85 Å². The summed E-state index contributed by atoms with van der Waals surface area (Å²) in [7, 11) is 0. The van der Waals surface area contributed by atoms with Gasteiger partial charge in [-0.3, -0.25) is 0 Å². The Hall–Kier alpha value is -2.88. The van der Waals surface area contributed by atoms with E-state index in [0.29, 0.717) is 18.1 Å². The van der Waals surface area contributed by atoms with Crippen LogP contribution in [0.1, 0.15) is 24.0 Å². The lowest BCUT2D eigenvalue weighted by Crippen LogP contribution is -2.33. The zero-order valence-electron chi connectivity index (χ0n) is 16.2. The second kappa shape index (κ2) is 8.24. The highest BCUT2D eigenvalue weighted by Crippen LogP contribution is 2.35. The number of rotatable bonds is 5. The third-order valence-electron chi connectivity index (χ3n) is 5.43. The van der Waals surface area contributed by atoms with Crippen molar-refractivity contribution in [1.29, 1.82) is 0 Å². The molecule has 148 valence electrons. The number of hydrogen-bond acceptors (Lipinski definition) is 5. The minimum atomic E-state index is 0.0570. The highest BCUT2D eigenvalue weighted by atomic mass is 35.5. The number of aliphatic hydroxyl groups excluding tert-OH is 1. The van der Waals surface area contributed by atoms with Crippen molar-refractivity contribution in [1.82, 2.24) is 10.2 Å². The number of benzene rings is 2. The molecule has 1 saturated heterocycles. The van der Waals surface area contributed by atoms with Crippen molar-refractivity contribution in [3.05, 3.63) is 64.0 Å². The number of nitrogens with one attached hydrogen (secondary N) is 1. The van der Waals surface area contributed by atoms with Crippen LogP contribution in [0.25, 0.3) is 15.6 Å². The van der Waals surface area contributed by atoms with E-state index in [1.807, 2.05) is 37.3 Å². The number of aryl methyl sites for hydroxylation is 1. The topological polar surface area (TPSA) is 65.6 Å². The zero-order chi connectivity index (χ0) is 20.4. The Bertz CT molecular complexity index is 1090. The van der Waals surface area contributed by atoms with Gasteiger partial charge in [-0.05, 0) is 43.0 Å². The molecule has 6 nitrogen and oxygen atoms in total. The monoisotopic (exact) mass is 407 g/mol. The average Bonchev–Trinajstić information content (AvgIpc) is 3.22. The molecule has 1 atom stereocenters. The lowest BCUT2D eigenvalue weighted by atomic mass is 10.1. The van der Waals surface area contributed by atoms with Gasteiger partial charge in [0.2, 0.25) is 0 Å². The number of aliphatic hydroxyl groups is 1. The van der Waals surface area contributed by atoms with Crippen LogP contribution in [0, 0.1) is 13.5 Å². The van der Waals surface area contributed by atoms with Gasteiger partial charge in [0, 0.05) is 28.9 Å². The van der Waals surface area contributed by atoms with Gasteiger partial charge in [0.1, 0.15) is 0 Å². The molecule has 2 aromatic carbocycles. The van der Waals surface area contributed by atoms with Crippen LogP contribution < -0.4 is 10.2 Å².